The third-order valence-corrected chi connectivity index (χ3v) is 7.12. The van der Waals surface area contributed by atoms with Crippen LogP contribution in [0.3, 0.4) is 0 Å². The highest BCUT2D eigenvalue weighted by Crippen LogP contribution is 2.31. The molecule has 9 nitrogen and oxygen atoms in total. The van der Waals surface area contributed by atoms with Gasteiger partial charge in [0.1, 0.15) is 6.61 Å². The van der Waals surface area contributed by atoms with Crippen LogP contribution in [0.1, 0.15) is 19.3 Å². The van der Waals surface area contributed by atoms with Gasteiger partial charge in [-0.15, -0.1) is 0 Å². The zero-order valence-corrected chi connectivity index (χ0v) is 18.2. The number of piperidine rings is 1. The molecular weight excluding hydrogens is 436 g/mol. The maximum Gasteiger partial charge on any atom is 0.351 e. The van der Waals surface area contributed by atoms with Crippen molar-refractivity contribution in [2.75, 3.05) is 31.6 Å². The lowest BCUT2D eigenvalue weighted by Gasteiger charge is -2.25. The third-order valence-electron chi connectivity index (χ3n) is 5.21. The van der Waals surface area contributed by atoms with Gasteiger partial charge in [0, 0.05) is 18.8 Å². The zero-order valence-electron chi connectivity index (χ0n) is 17.4. The van der Waals surface area contributed by atoms with Crippen LogP contribution >= 0.6 is 0 Å². The van der Waals surface area contributed by atoms with Crippen molar-refractivity contribution in [1.82, 2.24) is 4.31 Å². The fraction of sp³-hybridized carbons (Fsp3) is 0.364. The van der Waals surface area contributed by atoms with Gasteiger partial charge >= 0.3 is 5.97 Å². The average Bonchev–Trinajstić information content (AvgIpc) is 2.83. The maximum atomic E-state index is 12.7. The number of carbonyl (C=O) groups excluding carboxylic acids is 2. The van der Waals surface area contributed by atoms with E-state index >= 15 is 0 Å². The fourth-order valence-electron chi connectivity index (χ4n) is 3.53. The summed E-state index contributed by atoms with van der Waals surface area (Å²) < 4.78 is 42.9. The Morgan fingerprint density at radius 2 is 1.69 bits per heavy atom. The van der Waals surface area contributed by atoms with Crippen molar-refractivity contribution in [2.45, 2.75) is 30.3 Å². The molecular formula is C22H24N2O7S. The summed E-state index contributed by atoms with van der Waals surface area (Å²) in [5, 5.41) is 2.58. The van der Waals surface area contributed by atoms with Crippen molar-refractivity contribution >= 4 is 27.6 Å². The molecule has 1 N–H and O–H groups in total. The number of rotatable bonds is 6. The molecule has 1 saturated heterocycles. The Labute approximate surface area is 186 Å². The molecule has 2 heterocycles. The number of ether oxygens (including phenoxy) is 3. The highest BCUT2D eigenvalue weighted by molar-refractivity contribution is 7.89. The van der Waals surface area contributed by atoms with Crippen molar-refractivity contribution in [2.24, 2.45) is 0 Å². The van der Waals surface area contributed by atoms with E-state index in [9.17, 15) is 18.0 Å². The van der Waals surface area contributed by atoms with Gasteiger partial charge in [-0.3, -0.25) is 4.79 Å². The van der Waals surface area contributed by atoms with E-state index in [0.717, 1.165) is 19.3 Å². The van der Waals surface area contributed by atoms with Crippen LogP contribution in [0.25, 0.3) is 0 Å². The Kier molecular flexibility index (Phi) is 6.61. The first-order chi connectivity index (χ1) is 15.4. The Morgan fingerprint density at radius 3 is 2.41 bits per heavy atom. The summed E-state index contributed by atoms with van der Waals surface area (Å²) in [5.41, 5.74) is 0.398. The standard InChI is InChI=1S/C22H24N2O7S/c25-21(15-30-22(26)20-14-29-18-6-2-3-7-19(18)31-20)23-16-8-10-17(11-9-16)32(27,28)24-12-4-1-5-13-24/h2-3,6-11,20H,1,4-5,12-15H2,(H,23,25)/t20-/m0/s1. The van der Waals surface area contributed by atoms with Crippen molar-refractivity contribution in [3.05, 3.63) is 48.5 Å². The molecule has 0 bridgehead atoms. The van der Waals surface area contributed by atoms with Crippen LogP contribution in [0.2, 0.25) is 0 Å². The lowest BCUT2D eigenvalue weighted by atomic mass is 10.2. The summed E-state index contributed by atoms with van der Waals surface area (Å²) in [6, 6.07) is 12.9. The molecule has 0 aliphatic carbocycles. The van der Waals surface area contributed by atoms with Crippen LogP contribution in [0.5, 0.6) is 11.5 Å². The van der Waals surface area contributed by atoms with E-state index in [1.165, 1.54) is 28.6 Å². The quantitative estimate of drug-likeness (QED) is 0.658. The van der Waals surface area contributed by atoms with Crippen LogP contribution in [-0.4, -0.2) is 57.0 Å². The second-order valence-electron chi connectivity index (χ2n) is 7.51. The number of nitrogens with zero attached hydrogens (tertiary/aromatic N) is 1. The van der Waals surface area contributed by atoms with E-state index in [0.29, 0.717) is 30.3 Å². The molecule has 0 saturated carbocycles. The molecule has 0 spiro atoms. The molecule has 2 aromatic carbocycles. The Balaban J connectivity index is 1.27. The van der Waals surface area contributed by atoms with E-state index in [4.69, 9.17) is 14.2 Å². The van der Waals surface area contributed by atoms with Crippen LogP contribution in [-0.2, 0) is 24.3 Å². The number of sulfonamides is 1. The topological polar surface area (TPSA) is 111 Å². The first-order valence-electron chi connectivity index (χ1n) is 10.4. The highest BCUT2D eigenvalue weighted by atomic mass is 32.2. The van der Waals surface area contributed by atoms with Crippen molar-refractivity contribution in [1.29, 1.82) is 0 Å². The molecule has 32 heavy (non-hydrogen) atoms. The first kappa shape index (κ1) is 22.1. The van der Waals surface area contributed by atoms with Gasteiger partial charge in [0.15, 0.2) is 18.1 Å². The van der Waals surface area contributed by atoms with Gasteiger partial charge in [0.05, 0.1) is 4.90 Å². The fourth-order valence-corrected chi connectivity index (χ4v) is 5.04. The van der Waals surface area contributed by atoms with Crippen LogP contribution in [0.4, 0.5) is 5.69 Å². The van der Waals surface area contributed by atoms with Gasteiger partial charge in [-0.25, -0.2) is 13.2 Å². The summed E-state index contributed by atoms with van der Waals surface area (Å²) in [5.74, 6) is -0.287. The first-order valence-corrected chi connectivity index (χ1v) is 11.8. The minimum Gasteiger partial charge on any atom is -0.485 e. The number of esters is 1. The lowest BCUT2D eigenvalue weighted by Crippen LogP contribution is -2.39. The van der Waals surface area contributed by atoms with E-state index in [1.54, 1.807) is 24.3 Å². The summed E-state index contributed by atoms with van der Waals surface area (Å²) >= 11 is 0. The van der Waals surface area contributed by atoms with Gasteiger partial charge in [-0.05, 0) is 49.2 Å². The second kappa shape index (κ2) is 9.58. The van der Waals surface area contributed by atoms with Gasteiger partial charge in [0.25, 0.3) is 5.91 Å². The molecule has 2 aliphatic heterocycles. The largest absolute Gasteiger partial charge is 0.485 e. The molecule has 0 radical (unpaired) electrons. The van der Waals surface area contributed by atoms with Gasteiger partial charge in [-0.1, -0.05) is 18.6 Å². The average molecular weight is 461 g/mol. The molecule has 170 valence electrons. The molecule has 0 aromatic heterocycles. The summed E-state index contributed by atoms with van der Waals surface area (Å²) in [4.78, 5) is 24.5. The molecule has 4 rings (SSSR count). The number of benzene rings is 2. The number of amides is 1. The van der Waals surface area contributed by atoms with Gasteiger partial charge in [0.2, 0.25) is 16.1 Å². The Morgan fingerprint density at radius 1 is 1.00 bits per heavy atom. The summed E-state index contributed by atoms with van der Waals surface area (Å²) in [7, 11) is -3.54. The molecule has 2 aromatic rings. The zero-order chi connectivity index (χ0) is 22.6. The minimum absolute atomic E-state index is 0.00950. The summed E-state index contributed by atoms with van der Waals surface area (Å²) in [6.07, 6.45) is 1.79. The van der Waals surface area contributed by atoms with Crippen LogP contribution in [0, 0.1) is 0 Å². The summed E-state index contributed by atoms with van der Waals surface area (Å²) in [6.45, 7) is 0.527. The predicted molar refractivity (Wildman–Crippen MR) is 115 cm³/mol. The number of anilines is 1. The van der Waals surface area contributed by atoms with Crippen LogP contribution < -0.4 is 14.8 Å². The number of hydrogen-bond donors (Lipinski definition) is 1. The number of nitrogens with one attached hydrogen (secondary N) is 1. The number of carbonyl (C=O) groups is 2. The van der Waals surface area contributed by atoms with Crippen molar-refractivity contribution in [3.63, 3.8) is 0 Å². The minimum atomic E-state index is -3.54. The lowest BCUT2D eigenvalue weighted by molar-refractivity contribution is -0.156. The molecule has 0 unspecified atom stereocenters. The molecule has 1 fully saturated rings. The van der Waals surface area contributed by atoms with E-state index in [1.807, 2.05) is 0 Å². The Hall–Kier alpha value is -3.11. The predicted octanol–water partition coefficient (Wildman–Crippen LogP) is 2.18. The number of para-hydroxylation sites is 2. The Bertz CT molecular complexity index is 1080. The second-order valence-corrected chi connectivity index (χ2v) is 9.45. The van der Waals surface area contributed by atoms with Crippen LogP contribution in [0.15, 0.2) is 53.4 Å². The van der Waals surface area contributed by atoms with Gasteiger partial charge in [-0.2, -0.15) is 4.31 Å². The van der Waals surface area contributed by atoms with Gasteiger partial charge < -0.3 is 19.5 Å². The SMILES string of the molecule is O=C(COC(=O)[C@@H]1COc2ccccc2O1)Nc1ccc(S(=O)(=O)N2CCCCC2)cc1. The highest BCUT2D eigenvalue weighted by Gasteiger charge is 2.29. The van der Waals surface area contributed by atoms with Crippen molar-refractivity contribution < 1.29 is 32.2 Å². The van der Waals surface area contributed by atoms with E-state index in [-0.39, 0.29) is 11.5 Å². The molecule has 10 heteroatoms. The van der Waals surface area contributed by atoms with Crippen molar-refractivity contribution in [3.8, 4) is 11.5 Å². The maximum absolute atomic E-state index is 12.7. The smallest absolute Gasteiger partial charge is 0.351 e. The number of hydrogen-bond acceptors (Lipinski definition) is 7. The normalized spacial score (nSPS) is 18.6. The molecule has 1 amide bonds. The molecule has 1 atom stereocenters. The number of fused-ring (bicyclic) bond motifs is 1. The monoisotopic (exact) mass is 460 g/mol. The van der Waals surface area contributed by atoms with E-state index in [2.05, 4.69) is 5.32 Å². The van der Waals surface area contributed by atoms with E-state index < -0.39 is 34.6 Å². The third kappa shape index (κ3) is 5.03. The molecule has 2 aliphatic rings.